The second-order valence-electron chi connectivity index (χ2n) is 6.16. The SMILES string of the molecule is C1=C(c2ccccc2)SC(=C2CCC(=C3SC=C(c4ccccc4)S3)S2)S1. The molecule has 0 radical (unpaired) electrons. The van der Waals surface area contributed by atoms with Gasteiger partial charge in [-0.05, 0) is 34.8 Å². The summed E-state index contributed by atoms with van der Waals surface area (Å²) in [4.78, 5) is 5.85. The molecule has 134 valence electrons. The lowest BCUT2D eigenvalue weighted by molar-refractivity contribution is 1.05. The van der Waals surface area contributed by atoms with E-state index < -0.39 is 0 Å². The Morgan fingerprint density at radius 3 is 1.41 bits per heavy atom. The van der Waals surface area contributed by atoms with Crippen LogP contribution in [0.4, 0.5) is 0 Å². The van der Waals surface area contributed by atoms with Gasteiger partial charge in [0.15, 0.2) is 0 Å². The van der Waals surface area contributed by atoms with Gasteiger partial charge in [0.2, 0.25) is 0 Å². The third-order valence-corrected chi connectivity index (χ3v) is 11.2. The zero-order valence-electron chi connectivity index (χ0n) is 14.4. The van der Waals surface area contributed by atoms with Gasteiger partial charge in [0.1, 0.15) is 0 Å². The summed E-state index contributed by atoms with van der Waals surface area (Å²) in [6.07, 6.45) is 2.35. The molecule has 1 saturated heterocycles. The number of thioether (sulfide) groups is 5. The van der Waals surface area contributed by atoms with Crippen LogP contribution in [0.1, 0.15) is 24.0 Å². The van der Waals surface area contributed by atoms with Crippen molar-refractivity contribution in [3.8, 4) is 0 Å². The highest BCUT2D eigenvalue weighted by atomic mass is 32.2. The molecule has 0 aromatic heterocycles. The predicted molar refractivity (Wildman–Crippen MR) is 130 cm³/mol. The first-order valence-corrected chi connectivity index (χ1v) is 12.9. The molecular formula is C22H16S5. The number of benzene rings is 2. The van der Waals surface area contributed by atoms with Crippen LogP contribution in [0.15, 0.2) is 89.8 Å². The molecule has 3 aliphatic rings. The Balaban J connectivity index is 1.29. The highest BCUT2D eigenvalue weighted by Gasteiger charge is 2.27. The van der Waals surface area contributed by atoms with Crippen molar-refractivity contribution >= 4 is 68.6 Å². The standard InChI is InChI=1S/C22H16S5/c1-3-7-15(8-4-1)19-13-23-21(26-19)17-11-12-18(25-17)22-24-14-20(27-22)16-9-5-2-6-10-16/h1-10,13-14H,11-12H2. The summed E-state index contributed by atoms with van der Waals surface area (Å²) < 4.78 is 2.94. The Labute approximate surface area is 181 Å². The maximum absolute atomic E-state index is 2.31. The lowest BCUT2D eigenvalue weighted by Crippen LogP contribution is -1.75. The average molecular weight is 441 g/mol. The van der Waals surface area contributed by atoms with Crippen molar-refractivity contribution < 1.29 is 0 Å². The topological polar surface area (TPSA) is 0 Å². The molecule has 27 heavy (non-hydrogen) atoms. The Bertz CT molecular complexity index is 902. The highest BCUT2D eigenvalue weighted by molar-refractivity contribution is 8.32. The molecule has 0 nitrogen and oxygen atoms in total. The lowest BCUT2D eigenvalue weighted by atomic mass is 10.2. The fourth-order valence-electron chi connectivity index (χ4n) is 2.98. The third-order valence-electron chi connectivity index (χ3n) is 4.35. The van der Waals surface area contributed by atoms with Crippen LogP contribution in [-0.4, -0.2) is 0 Å². The highest BCUT2D eigenvalue weighted by Crippen LogP contribution is 2.59. The number of hydrogen-bond acceptors (Lipinski definition) is 5. The van der Waals surface area contributed by atoms with Crippen molar-refractivity contribution in [2.45, 2.75) is 12.8 Å². The van der Waals surface area contributed by atoms with E-state index in [2.05, 4.69) is 71.5 Å². The molecule has 0 saturated carbocycles. The molecule has 5 heteroatoms. The minimum absolute atomic E-state index is 1.18. The Hall–Kier alpha value is -0.850. The minimum atomic E-state index is 1.18. The maximum Gasteiger partial charge on any atom is 0.0592 e. The zero-order chi connectivity index (χ0) is 18.1. The summed E-state index contributed by atoms with van der Waals surface area (Å²) >= 11 is 9.67. The predicted octanol–water partition coefficient (Wildman–Crippen LogP) is 8.81. The van der Waals surface area contributed by atoms with Gasteiger partial charge < -0.3 is 0 Å². The monoisotopic (exact) mass is 440 g/mol. The van der Waals surface area contributed by atoms with Crippen molar-refractivity contribution in [3.63, 3.8) is 0 Å². The quantitative estimate of drug-likeness (QED) is 0.456. The summed E-state index contributed by atoms with van der Waals surface area (Å²) in [5.74, 6) is 0. The van der Waals surface area contributed by atoms with Crippen LogP contribution < -0.4 is 0 Å². The zero-order valence-corrected chi connectivity index (χ0v) is 18.5. The van der Waals surface area contributed by atoms with E-state index in [-0.39, 0.29) is 0 Å². The van der Waals surface area contributed by atoms with Crippen molar-refractivity contribution in [2.24, 2.45) is 0 Å². The van der Waals surface area contributed by atoms with Crippen LogP contribution in [0, 0.1) is 0 Å². The van der Waals surface area contributed by atoms with Gasteiger partial charge >= 0.3 is 0 Å². The average Bonchev–Trinajstić information content (AvgIpc) is 3.49. The molecule has 0 aliphatic carbocycles. The van der Waals surface area contributed by atoms with Crippen molar-refractivity contribution in [3.05, 3.63) is 101 Å². The second kappa shape index (κ2) is 8.26. The second-order valence-corrected chi connectivity index (χ2v) is 11.7. The van der Waals surface area contributed by atoms with Crippen LogP contribution in [0.5, 0.6) is 0 Å². The van der Waals surface area contributed by atoms with E-state index in [0.717, 1.165) is 0 Å². The minimum Gasteiger partial charge on any atom is -0.0955 e. The van der Waals surface area contributed by atoms with Crippen molar-refractivity contribution in [2.75, 3.05) is 0 Å². The lowest BCUT2D eigenvalue weighted by Gasteiger charge is -2.05. The molecule has 0 unspecified atom stereocenters. The maximum atomic E-state index is 2.31. The largest absolute Gasteiger partial charge is 0.0955 e. The molecule has 0 atom stereocenters. The Morgan fingerprint density at radius 1 is 0.519 bits per heavy atom. The molecular weight excluding hydrogens is 425 g/mol. The molecule has 0 amide bonds. The molecule has 5 rings (SSSR count). The molecule has 0 N–H and O–H groups in total. The van der Waals surface area contributed by atoms with Gasteiger partial charge in [-0.3, -0.25) is 0 Å². The van der Waals surface area contributed by atoms with Crippen molar-refractivity contribution in [1.29, 1.82) is 0 Å². The fourth-order valence-corrected chi connectivity index (χ4v) is 9.28. The molecule has 2 aromatic carbocycles. The van der Waals surface area contributed by atoms with Gasteiger partial charge in [0.05, 0.1) is 8.47 Å². The van der Waals surface area contributed by atoms with Gasteiger partial charge in [0.25, 0.3) is 0 Å². The van der Waals surface area contributed by atoms with E-state index in [1.54, 1.807) is 9.81 Å². The summed E-state index contributed by atoms with van der Waals surface area (Å²) in [6, 6.07) is 21.4. The summed E-state index contributed by atoms with van der Waals surface area (Å²) in [5.41, 5.74) is 2.65. The van der Waals surface area contributed by atoms with Gasteiger partial charge in [-0.2, -0.15) is 0 Å². The Kier molecular flexibility index (Phi) is 5.56. The van der Waals surface area contributed by atoms with Gasteiger partial charge in [-0.15, -0.1) is 0 Å². The first-order valence-electron chi connectivity index (χ1n) is 8.71. The van der Waals surface area contributed by atoms with Crippen LogP contribution in [-0.2, 0) is 0 Å². The first-order chi connectivity index (χ1) is 13.4. The van der Waals surface area contributed by atoms with Gasteiger partial charge in [-0.25, -0.2) is 0 Å². The van der Waals surface area contributed by atoms with Gasteiger partial charge in [-0.1, -0.05) is 119 Å². The normalized spacial score (nSPS) is 25.0. The van der Waals surface area contributed by atoms with E-state index >= 15 is 0 Å². The number of allylic oxidation sites excluding steroid dienone is 2. The fraction of sp³-hybridized carbons (Fsp3) is 0.0909. The number of hydrogen-bond donors (Lipinski definition) is 0. The van der Waals surface area contributed by atoms with E-state index in [1.807, 2.05) is 58.8 Å². The van der Waals surface area contributed by atoms with E-state index in [4.69, 9.17) is 0 Å². The molecule has 1 fully saturated rings. The van der Waals surface area contributed by atoms with E-state index in [0.29, 0.717) is 0 Å². The molecule has 0 bridgehead atoms. The Morgan fingerprint density at radius 2 is 0.963 bits per heavy atom. The smallest absolute Gasteiger partial charge is 0.0592 e. The first kappa shape index (κ1) is 18.2. The van der Waals surface area contributed by atoms with Crippen LogP contribution >= 0.6 is 58.8 Å². The molecule has 3 heterocycles. The molecule has 2 aromatic rings. The molecule has 3 aliphatic heterocycles. The van der Waals surface area contributed by atoms with Crippen molar-refractivity contribution in [1.82, 2.24) is 0 Å². The summed E-state index contributed by atoms with van der Waals surface area (Å²) in [7, 11) is 0. The van der Waals surface area contributed by atoms with E-state index in [1.165, 1.54) is 42.3 Å². The van der Waals surface area contributed by atoms with Crippen LogP contribution in [0.25, 0.3) is 9.81 Å². The summed E-state index contributed by atoms with van der Waals surface area (Å²) in [6.45, 7) is 0. The summed E-state index contributed by atoms with van der Waals surface area (Å²) in [5, 5.41) is 4.62. The van der Waals surface area contributed by atoms with Gasteiger partial charge in [0, 0.05) is 19.6 Å². The van der Waals surface area contributed by atoms with Crippen LogP contribution in [0.2, 0.25) is 0 Å². The third kappa shape index (κ3) is 3.99. The van der Waals surface area contributed by atoms with Crippen LogP contribution in [0.3, 0.4) is 0 Å². The number of rotatable bonds is 2. The van der Waals surface area contributed by atoms with E-state index in [9.17, 15) is 0 Å². The molecule has 0 spiro atoms.